The highest BCUT2D eigenvalue weighted by molar-refractivity contribution is 9.10. The maximum Gasteiger partial charge on any atom is 0.139 e. The van der Waals surface area contributed by atoms with Crippen LogP contribution in [0.3, 0.4) is 0 Å². The summed E-state index contributed by atoms with van der Waals surface area (Å²) in [5.41, 5.74) is 2.20. The topological polar surface area (TPSA) is 65.3 Å². The fourth-order valence-electron chi connectivity index (χ4n) is 5.39. The van der Waals surface area contributed by atoms with Gasteiger partial charge < -0.3 is 9.84 Å². The third-order valence-electron chi connectivity index (χ3n) is 6.97. The molecule has 0 bridgehead atoms. The fraction of sp³-hybridized carbons (Fsp3) is 0.458. The summed E-state index contributed by atoms with van der Waals surface area (Å²) < 4.78 is 6.59. The number of ether oxygens (including phenoxy) is 1. The third kappa shape index (κ3) is 3.43. The Morgan fingerprint density at radius 1 is 1.24 bits per heavy atom. The summed E-state index contributed by atoms with van der Waals surface area (Å²) >= 11 is 3.60. The SMILES string of the molecule is COC1CCC2(CC1)Cc1ccc(Br)cc1C2(C#N)N[C@H](CO)c1ccccc1. The lowest BCUT2D eigenvalue weighted by Gasteiger charge is -2.48. The van der Waals surface area contributed by atoms with Crippen molar-refractivity contribution in [3.8, 4) is 6.07 Å². The summed E-state index contributed by atoms with van der Waals surface area (Å²) in [5, 5.41) is 24.5. The van der Waals surface area contributed by atoms with E-state index >= 15 is 0 Å². The Kier molecular flexibility index (Phi) is 5.81. The molecule has 1 spiro atoms. The molecule has 1 unspecified atom stereocenters. The van der Waals surface area contributed by atoms with Gasteiger partial charge in [-0.25, -0.2) is 0 Å². The highest BCUT2D eigenvalue weighted by Crippen LogP contribution is 2.58. The lowest BCUT2D eigenvalue weighted by atomic mass is 9.61. The third-order valence-corrected chi connectivity index (χ3v) is 7.46. The molecule has 2 aliphatic rings. The first kappa shape index (κ1) is 20.6. The zero-order chi connectivity index (χ0) is 20.5. The van der Waals surface area contributed by atoms with Gasteiger partial charge in [-0.1, -0.05) is 52.3 Å². The average Bonchev–Trinajstić information content (AvgIpc) is 3.02. The van der Waals surface area contributed by atoms with Crippen LogP contribution in [0.2, 0.25) is 0 Å². The van der Waals surface area contributed by atoms with Crippen molar-refractivity contribution in [1.29, 1.82) is 5.26 Å². The van der Waals surface area contributed by atoms with E-state index < -0.39 is 5.54 Å². The van der Waals surface area contributed by atoms with Crippen LogP contribution in [0.1, 0.15) is 48.4 Å². The quantitative estimate of drug-likeness (QED) is 0.691. The maximum absolute atomic E-state index is 10.6. The summed E-state index contributed by atoms with van der Waals surface area (Å²) in [6.07, 6.45) is 4.88. The number of fused-ring (bicyclic) bond motifs is 1. The van der Waals surface area contributed by atoms with Crippen molar-refractivity contribution >= 4 is 15.9 Å². The van der Waals surface area contributed by atoms with Gasteiger partial charge in [-0.05, 0) is 60.9 Å². The van der Waals surface area contributed by atoms with Gasteiger partial charge in [0.05, 0.1) is 24.8 Å². The summed E-state index contributed by atoms with van der Waals surface area (Å²) in [5.74, 6) is 0. The highest BCUT2D eigenvalue weighted by Gasteiger charge is 2.59. The van der Waals surface area contributed by atoms with Crippen LogP contribution in [0.5, 0.6) is 0 Å². The predicted octanol–water partition coefficient (Wildman–Crippen LogP) is 4.62. The van der Waals surface area contributed by atoms with Crippen LogP contribution in [0.25, 0.3) is 0 Å². The minimum atomic E-state index is -0.853. The van der Waals surface area contributed by atoms with Crippen molar-refractivity contribution in [2.75, 3.05) is 13.7 Å². The number of hydrogen-bond acceptors (Lipinski definition) is 4. The van der Waals surface area contributed by atoms with Crippen LogP contribution in [-0.4, -0.2) is 24.9 Å². The van der Waals surface area contributed by atoms with Crippen LogP contribution < -0.4 is 5.32 Å². The Balaban J connectivity index is 1.80. The van der Waals surface area contributed by atoms with Gasteiger partial charge in [0.25, 0.3) is 0 Å². The first-order valence-electron chi connectivity index (χ1n) is 10.2. The lowest BCUT2D eigenvalue weighted by Crippen LogP contribution is -2.55. The molecule has 0 amide bonds. The molecular formula is C24H27BrN2O2. The molecule has 4 rings (SSSR count). The molecule has 152 valence electrons. The molecule has 2 aliphatic carbocycles. The van der Waals surface area contributed by atoms with Crippen LogP contribution in [0.15, 0.2) is 53.0 Å². The molecule has 1 saturated carbocycles. The van der Waals surface area contributed by atoms with Gasteiger partial charge in [0.2, 0.25) is 0 Å². The normalized spacial score (nSPS) is 29.4. The molecule has 1 fully saturated rings. The second-order valence-electron chi connectivity index (χ2n) is 8.35. The van der Waals surface area contributed by atoms with Gasteiger partial charge in [-0.3, -0.25) is 5.32 Å². The molecule has 0 aromatic heterocycles. The summed E-state index contributed by atoms with van der Waals surface area (Å²) in [6.45, 7) is -0.0619. The maximum atomic E-state index is 10.6. The molecule has 2 N–H and O–H groups in total. The molecule has 29 heavy (non-hydrogen) atoms. The van der Waals surface area contributed by atoms with E-state index in [0.29, 0.717) is 0 Å². The predicted molar refractivity (Wildman–Crippen MR) is 116 cm³/mol. The molecular weight excluding hydrogens is 428 g/mol. The molecule has 5 heteroatoms. The molecule has 2 atom stereocenters. The van der Waals surface area contributed by atoms with Crippen molar-refractivity contribution in [3.63, 3.8) is 0 Å². The second-order valence-corrected chi connectivity index (χ2v) is 9.26. The van der Waals surface area contributed by atoms with E-state index in [1.165, 1.54) is 5.56 Å². The number of nitrogens with one attached hydrogen (secondary N) is 1. The Morgan fingerprint density at radius 2 is 1.97 bits per heavy atom. The molecule has 0 saturated heterocycles. The summed E-state index contributed by atoms with van der Waals surface area (Å²) in [6, 6.07) is 18.6. The van der Waals surface area contributed by atoms with Gasteiger partial charge in [-0.2, -0.15) is 5.26 Å². The van der Waals surface area contributed by atoms with E-state index in [9.17, 15) is 10.4 Å². The highest BCUT2D eigenvalue weighted by atomic mass is 79.9. The summed E-state index contributed by atoms with van der Waals surface area (Å²) in [7, 11) is 1.77. The summed E-state index contributed by atoms with van der Waals surface area (Å²) in [4.78, 5) is 0. The Labute approximate surface area is 181 Å². The van der Waals surface area contributed by atoms with Crippen LogP contribution in [0, 0.1) is 16.7 Å². The number of halogens is 1. The van der Waals surface area contributed by atoms with Crippen molar-refractivity contribution in [2.45, 2.75) is 49.8 Å². The number of aliphatic hydroxyl groups excluding tert-OH is 1. The van der Waals surface area contributed by atoms with Crippen molar-refractivity contribution in [3.05, 3.63) is 69.7 Å². The zero-order valence-electron chi connectivity index (χ0n) is 16.7. The van der Waals surface area contributed by atoms with Crippen LogP contribution in [-0.2, 0) is 16.7 Å². The first-order chi connectivity index (χ1) is 14.1. The molecule has 2 aromatic carbocycles. The zero-order valence-corrected chi connectivity index (χ0v) is 18.3. The molecule has 0 aliphatic heterocycles. The minimum Gasteiger partial charge on any atom is -0.394 e. The minimum absolute atomic E-state index is 0.0619. The number of methoxy groups -OCH3 is 1. The molecule has 4 nitrogen and oxygen atoms in total. The number of nitriles is 1. The Hall–Kier alpha value is -1.71. The Morgan fingerprint density at radius 3 is 2.59 bits per heavy atom. The molecule has 0 heterocycles. The van der Waals surface area contributed by atoms with Crippen LogP contribution in [0.4, 0.5) is 0 Å². The van der Waals surface area contributed by atoms with Crippen LogP contribution >= 0.6 is 15.9 Å². The Bertz CT molecular complexity index is 903. The number of nitrogens with zero attached hydrogens (tertiary/aromatic N) is 1. The van der Waals surface area contributed by atoms with Gasteiger partial charge in [0.15, 0.2) is 0 Å². The van der Waals surface area contributed by atoms with Crippen molar-refractivity contribution in [2.24, 2.45) is 5.41 Å². The lowest BCUT2D eigenvalue weighted by molar-refractivity contribution is -0.00491. The van der Waals surface area contributed by atoms with Gasteiger partial charge in [-0.15, -0.1) is 0 Å². The number of benzene rings is 2. The van der Waals surface area contributed by atoms with Crippen molar-refractivity contribution in [1.82, 2.24) is 5.32 Å². The van der Waals surface area contributed by atoms with Gasteiger partial charge in [0, 0.05) is 17.0 Å². The number of aliphatic hydroxyl groups is 1. The van der Waals surface area contributed by atoms with Gasteiger partial charge >= 0.3 is 0 Å². The monoisotopic (exact) mass is 454 g/mol. The van der Waals surface area contributed by atoms with E-state index in [-0.39, 0.29) is 24.2 Å². The van der Waals surface area contributed by atoms with E-state index in [1.54, 1.807) is 7.11 Å². The smallest absolute Gasteiger partial charge is 0.139 e. The van der Waals surface area contributed by atoms with E-state index in [2.05, 4.69) is 45.5 Å². The molecule has 2 aromatic rings. The van der Waals surface area contributed by atoms with Crippen molar-refractivity contribution < 1.29 is 9.84 Å². The first-order valence-corrected chi connectivity index (χ1v) is 11.0. The molecule has 0 radical (unpaired) electrons. The van der Waals surface area contributed by atoms with E-state index in [0.717, 1.165) is 47.7 Å². The van der Waals surface area contributed by atoms with E-state index in [4.69, 9.17) is 4.74 Å². The second kappa shape index (κ2) is 8.20. The largest absolute Gasteiger partial charge is 0.394 e. The number of rotatable bonds is 5. The standard InChI is InChI=1S/C24H27BrN2O2/c1-29-20-9-11-23(12-10-20)14-18-7-8-19(25)13-21(18)24(23,16-26)27-22(15-28)17-5-3-2-4-6-17/h2-8,13,20,22,27-28H,9-12,14-15H2,1H3/t20?,22-,23?,24?/m1/s1. The number of hydrogen-bond donors (Lipinski definition) is 2. The fourth-order valence-corrected chi connectivity index (χ4v) is 5.75. The van der Waals surface area contributed by atoms with E-state index in [1.807, 2.05) is 30.3 Å². The average molecular weight is 455 g/mol. The van der Waals surface area contributed by atoms with Gasteiger partial charge in [0.1, 0.15) is 5.54 Å².